The van der Waals surface area contributed by atoms with Gasteiger partial charge in [-0.05, 0) is 36.7 Å². The van der Waals surface area contributed by atoms with Crippen LogP contribution in [0.1, 0.15) is 12.5 Å². The molecule has 3 heteroatoms. The Kier molecular flexibility index (Phi) is 6.44. The summed E-state index contributed by atoms with van der Waals surface area (Å²) in [6.45, 7) is 3.15. The number of rotatable bonds is 7. The summed E-state index contributed by atoms with van der Waals surface area (Å²) in [6, 6.07) is 19.2. The predicted octanol–water partition coefficient (Wildman–Crippen LogP) is 4.65. The van der Waals surface area contributed by atoms with Gasteiger partial charge in [0.1, 0.15) is 0 Å². The standard InChI is InChI=1S/C17H20ClNS/c1-2-19-16(11-14-7-4-3-5-8-14)13-20-17-10-6-9-15(18)12-17/h3-10,12,16,19H,2,11,13H2,1H3. The lowest BCUT2D eigenvalue weighted by atomic mass is 10.1. The lowest BCUT2D eigenvalue weighted by molar-refractivity contribution is 0.572. The van der Waals surface area contributed by atoms with Crippen molar-refractivity contribution >= 4 is 23.4 Å². The maximum Gasteiger partial charge on any atom is 0.0417 e. The van der Waals surface area contributed by atoms with Crippen LogP contribution in [0.25, 0.3) is 0 Å². The Labute approximate surface area is 130 Å². The normalized spacial score (nSPS) is 12.3. The largest absolute Gasteiger partial charge is 0.313 e. The van der Waals surface area contributed by atoms with E-state index in [0.29, 0.717) is 6.04 Å². The summed E-state index contributed by atoms with van der Waals surface area (Å²) in [7, 11) is 0. The zero-order valence-corrected chi connectivity index (χ0v) is 13.3. The Morgan fingerprint density at radius 3 is 2.60 bits per heavy atom. The zero-order valence-electron chi connectivity index (χ0n) is 11.7. The Hall–Kier alpha value is -0.960. The van der Waals surface area contributed by atoms with Crippen LogP contribution in [0.2, 0.25) is 5.02 Å². The van der Waals surface area contributed by atoms with Crippen LogP contribution in [0.4, 0.5) is 0 Å². The summed E-state index contributed by atoms with van der Waals surface area (Å²) in [5, 5.41) is 4.37. The highest BCUT2D eigenvalue weighted by Gasteiger charge is 2.09. The molecule has 20 heavy (non-hydrogen) atoms. The SMILES string of the molecule is CCNC(CSc1cccc(Cl)c1)Cc1ccccc1. The van der Waals surface area contributed by atoms with Crippen molar-refractivity contribution in [3.8, 4) is 0 Å². The number of thioether (sulfide) groups is 1. The number of halogens is 1. The van der Waals surface area contributed by atoms with E-state index >= 15 is 0 Å². The molecule has 2 rings (SSSR count). The molecule has 0 heterocycles. The smallest absolute Gasteiger partial charge is 0.0417 e. The molecule has 0 aliphatic heterocycles. The molecular weight excluding hydrogens is 286 g/mol. The van der Waals surface area contributed by atoms with Gasteiger partial charge in [0, 0.05) is 21.7 Å². The van der Waals surface area contributed by atoms with Crippen molar-refractivity contribution in [2.45, 2.75) is 24.3 Å². The fourth-order valence-electron chi connectivity index (χ4n) is 2.13. The van der Waals surface area contributed by atoms with E-state index in [4.69, 9.17) is 11.6 Å². The van der Waals surface area contributed by atoms with Crippen LogP contribution < -0.4 is 5.32 Å². The zero-order chi connectivity index (χ0) is 14.2. The number of likely N-dealkylation sites (N-methyl/N-ethyl adjacent to an activating group) is 1. The van der Waals surface area contributed by atoms with Crippen LogP contribution >= 0.6 is 23.4 Å². The van der Waals surface area contributed by atoms with E-state index < -0.39 is 0 Å². The molecule has 0 amide bonds. The first-order valence-corrected chi connectivity index (χ1v) is 8.30. The van der Waals surface area contributed by atoms with Gasteiger partial charge in [0.05, 0.1) is 0 Å². The van der Waals surface area contributed by atoms with Crippen molar-refractivity contribution in [2.24, 2.45) is 0 Å². The molecule has 0 aromatic heterocycles. The lowest BCUT2D eigenvalue weighted by Gasteiger charge is -2.17. The lowest BCUT2D eigenvalue weighted by Crippen LogP contribution is -2.33. The molecule has 0 aliphatic carbocycles. The molecule has 0 saturated heterocycles. The van der Waals surface area contributed by atoms with Crippen molar-refractivity contribution in [2.75, 3.05) is 12.3 Å². The molecule has 1 nitrogen and oxygen atoms in total. The predicted molar refractivity (Wildman–Crippen MR) is 89.8 cm³/mol. The third-order valence-corrected chi connectivity index (χ3v) is 4.46. The highest BCUT2D eigenvalue weighted by atomic mass is 35.5. The molecule has 0 aliphatic rings. The van der Waals surface area contributed by atoms with Crippen LogP contribution in [-0.4, -0.2) is 18.3 Å². The van der Waals surface area contributed by atoms with E-state index in [1.807, 2.05) is 30.0 Å². The minimum atomic E-state index is 0.478. The molecular formula is C17H20ClNS. The fourth-order valence-corrected chi connectivity index (χ4v) is 3.40. The molecule has 2 aromatic rings. The van der Waals surface area contributed by atoms with Gasteiger partial charge < -0.3 is 5.32 Å². The second-order valence-electron chi connectivity index (χ2n) is 4.71. The summed E-state index contributed by atoms with van der Waals surface area (Å²) in [4.78, 5) is 1.23. The molecule has 1 N–H and O–H groups in total. The quantitative estimate of drug-likeness (QED) is 0.747. The van der Waals surface area contributed by atoms with Crippen LogP contribution in [0.15, 0.2) is 59.5 Å². The molecule has 0 spiro atoms. The highest BCUT2D eigenvalue weighted by Crippen LogP contribution is 2.23. The van der Waals surface area contributed by atoms with E-state index in [-0.39, 0.29) is 0 Å². The first kappa shape index (κ1) is 15.4. The number of hydrogen-bond donors (Lipinski definition) is 1. The van der Waals surface area contributed by atoms with Gasteiger partial charge >= 0.3 is 0 Å². The van der Waals surface area contributed by atoms with Gasteiger partial charge in [-0.1, -0.05) is 54.9 Å². The summed E-state index contributed by atoms with van der Waals surface area (Å²) in [5.41, 5.74) is 1.38. The van der Waals surface area contributed by atoms with Gasteiger partial charge in [-0.25, -0.2) is 0 Å². The minimum absolute atomic E-state index is 0.478. The topological polar surface area (TPSA) is 12.0 Å². The summed E-state index contributed by atoms with van der Waals surface area (Å²) in [5.74, 6) is 1.04. The average molecular weight is 306 g/mol. The number of benzene rings is 2. The molecule has 1 atom stereocenters. The molecule has 106 valence electrons. The maximum absolute atomic E-state index is 6.02. The van der Waals surface area contributed by atoms with E-state index in [0.717, 1.165) is 23.7 Å². The average Bonchev–Trinajstić information content (AvgIpc) is 2.46. The summed E-state index contributed by atoms with van der Waals surface area (Å²) >= 11 is 7.88. The molecule has 0 bridgehead atoms. The Balaban J connectivity index is 1.92. The van der Waals surface area contributed by atoms with E-state index in [2.05, 4.69) is 48.6 Å². The molecule has 1 unspecified atom stereocenters. The van der Waals surface area contributed by atoms with Crippen molar-refractivity contribution < 1.29 is 0 Å². The Bertz CT molecular complexity index is 515. The second-order valence-corrected chi connectivity index (χ2v) is 6.24. The molecule has 0 radical (unpaired) electrons. The third kappa shape index (κ3) is 5.20. The van der Waals surface area contributed by atoms with Crippen molar-refractivity contribution in [1.82, 2.24) is 5.32 Å². The van der Waals surface area contributed by atoms with Gasteiger partial charge in [-0.3, -0.25) is 0 Å². The molecule has 0 fully saturated rings. The van der Waals surface area contributed by atoms with Crippen molar-refractivity contribution in [1.29, 1.82) is 0 Å². The number of hydrogen-bond acceptors (Lipinski definition) is 2. The first-order valence-electron chi connectivity index (χ1n) is 6.93. The van der Waals surface area contributed by atoms with Gasteiger partial charge in [0.2, 0.25) is 0 Å². The number of nitrogens with one attached hydrogen (secondary N) is 1. The van der Waals surface area contributed by atoms with Crippen LogP contribution in [0, 0.1) is 0 Å². The van der Waals surface area contributed by atoms with E-state index in [9.17, 15) is 0 Å². The van der Waals surface area contributed by atoms with Gasteiger partial charge in [-0.2, -0.15) is 0 Å². The minimum Gasteiger partial charge on any atom is -0.313 e. The third-order valence-electron chi connectivity index (χ3n) is 3.06. The van der Waals surface area contributed by atoms with Crippen molar-refractivity contribution in [3.05, 3.63) is 65.2 Å². The molecule has 0 saturated carbocycles. The van der Waals surface area contributed by atoms with Crippen LogP contribution in [0.5, 0.6) is 0 Å². The van der Waals surface area contributed by atoms with Crippen LogP contribution in [0.3, 0.4) is 0 Å². The van der Waals surface area contributed by atoms with E-state index in [1.165, 1.54) is 10.5 Å². The maximum atomic E-state index is 6.02. The van der Waals surface area contributed by atoms with Gasteiger partial charge in [-0.15, -0.1) is 11.8 Å². The monoisotopic (exact) mass is 305 g/mol. The van der Waals surface area contributed by atoms with Crippen molar-refractivity contribution in [3.63, 3.8) is 0 Å². The van der Waals surface area contributed by atoms with E-state index in [1.54, 1.807) is 0 Å². The van der Waals surface area contributed by atoms with Crippen LogP contribution in [-0.2, 0) is 6.42 Å². The van der Waals surface area contributed by atoms with Gasteiger partial charge in [0.15, 0.2) is 0 Å². The summed E-state index contributed by atoms with van der Waals surface area (Å²) in [6.07, 6.45) is 1.06. The summed E-state index contributed by atoms with van der Waals surface area (Å²) < 4.78 is 0. The molecule has 2 aromatic carbocycles. The first-order chi connectivity index (χ1) is 9.78. The van der Waals surface area contributed by atoms with Gasteiger partial charge in [0.25, 0.3) is 0 Å². The second kappa shape index (κ2) is 8.35. The Morgan fingerprint density at radius 1 is 1.10 bits per heavy atom. The fraction of sp³-hybridized carbons (Fsp3) is 0.294. The Morgan fingerprint density at radius 2 is 1.90 bits per heavy atom. The highest BCUT2D eigenvalue weighted by molar-refractivity contribution is 7.99.